The maximum absolute atomic E-state index is 5.44. The minimum absolute atomic E-state index is 0. The molecule has 178 valence electrons. The normalized spacial score (nSPS) is 14.7. The molecule has 8 heteroatoms. The van der Waals surface area contributed by atoms with E-state index in [1.807, 2.05) is 12.1 Å². The van der Waals surface area contributed by atoms with Crippen molar-refractivity contribution in [2.75, 3.05) is 48.0 Å². The van der Waals surface area contributed by atoms with Gasteiger partial charge in [-0.05, 0) is 57.5 Å². The minimum Gasteiger partial charge on any atom is -0.493 e. The van der Waals surface area contributed by atoms with Crippen LogP contribution in [-0.2, 0) is 6.54 Å². The molecular formula is C23H41IN4O3. The van der Waals surface area contributed by atoms with Crippen LogP contribution in [0.15, 0.2) is 17.1 Å². The zero-order valence-electron chi connectivity index (χ0n) is 19.8. The highest BCUT2D eigenvalue weighted by Gasteiger charge is 2.17. The fourth-order valence-electron chi connectivity index (χ4n) is 3.98. The van der Waals surface area contributed by atoms with Crippen molar-refractivity contribution in [2.45, 2.75) is 58.0 Å². The first-order chi connectivity index (χ1) is 14.6. The maximum Gasteiger partial charge on any atom is 0.203 e. The molecule has 0 unspecified atom stereocenters. The summed E-state index contributed by atoms with van der Waals surface area (Å²) in [5.74, 6) is 2.71. The van der Waals surface area contributed by atoms with Crippen molar-refractivity contribution in [3.05, 3.63) is 17.7 Å². The van der Waals surface area contributed by atoms with Gasteiger partial charge in [-0.1, -0.05) is 19.3 Å². The summed E-state index contributed by atoms with van der Waals surface area (Å²) < 4.78 is 16.3. The van der Waals surface area contributed by atoms with E-state index in [4.69, 9.17) is 19.2 Å². The molecule has 0 aromatic heterocycles. The van der Waals surface area contributed by atoms with Crippen LogP contribution in [0.2, 0.25) is 0 Å². The number of nitrogens with zero attached hydrogens (tertiary/aromatic N) is 2. The molecule has 1 aromatic rings. The van der Waals surface area contributed by atoms with Crippen LogP contribution in [0.4, 0.5) is 0 Å². The molecule has 1 aromatic carbocycles. The zero-order chi connectivity index (χ0) is 21.8. The number of methoxy groups -OCH3 is 3. The Balaban J connectivity index is 0.00000480. The summed E-state index contributed by atoms with van der Waals surface area (Å²) in [4.78, 5) is 7.25. The lowest BCUT2D eigenvalue weighted by molar-refractivity contribution is 0.190. The van der Waals surface area contributed by atoms with E-state index >= 15 is 0 Å². The van der Waals surface area contributed by atoms with E-state index in [1.54, 1.807) is 21.3 Å². The number of ether oxygens (including phenoxy) is 3. The van der Waals surface area contributed by atoms with Crippen molar-refractivity contribution in [3.63, 3.8) is 0 Å². The lowest BCUT2D eigenvalue weighted by atomic mass is 9.94. The molecule has 0 spiro atoms. The van der Waals surface area contributed by atoms with Crippen molar-refractivity contribution in [1.29, 1.82) is 0 Å². The van der Waals surface area contributed by atoms with Crippen LogP contribution in [0.3, 0.4) is 0 Å². The molecule has 0 atom stereocenters. The molecule has 1 saturated carbocycles. The Morgan fingerprint density at radius 3 is 2.23 bits per heavy atom. The Labute approximate surface area is 205 Å². The molecule has 31 heavy (non-hydrogen) atoms. The number of halogens is 1. The molecule has 0 amide bonds. The zero-order valence-corrected chi connectivity index (χ0v) is 22.2. The van der Waals surface area contributed by atoms with Gasteiger partial charge < -0.3 is 29.7 Å². The molecule has 1 fully saturated rings. The largest absolute Gasteiger partial charge is 0.493 e. The molecule has 0 radical (unpaired) electrons. The summed E-state index contributed by atoms with van der Waals surface area (Å²) in [5, 5.41) is 6.78. The van der Waals surface area contributed by atoms with Gasteiger partial charge in [0.15, 0.2) is 17.5 Å². The summed E-state index contributed by atoms with van der Waals surface area (Å²) in [6, 6.07) is 4.64. The Hall–Kier alpha value is -1.42. The predicted octanol–water partition coefficient (Wildman–Crippen LogP) is 4.04. The summed E-state index contributed by atoms with van der Waals surface area (Å²) in [6.07, 6.45) is 7.96. The predicted molar refractivity (Wildman–Crippen MR) is 138 cm³/mol. The number of hydrogen-bond acceptors (Lipinski definition) is 5. The van der Waals surface area contributed by atoms with E-state index < -0.39 is 0 Å². The van der Waals surface area contributed by atoms with Gasteiger partial charge in [-0.25, -0.2) is 4.99 Å². The van der Waals surface area contributed by atoms with Crippen molar-refractivity contribution < 1.29 is 14.2 Å². The van der Waals surface area contributed by atoms with E-state index in [9.17, 15) is 0 Å². The average Bonchev–Trinajstić information content (AvgIpc) is 2.79. The summed E-state index contributed by atoms with van der Waals surface area (Å²) in [7, 11) is 7.12. The molecule has 1 aliphatic carbocycles. The Morgan fingerprint density at radius 1 is 1.03 bits per heavy atom. The minimum atomic E-state index is 0. The van der Waals surface area contributed by atoms with Crippen LogP contribution < -0.4 is 24.8 Å². The van der Waals surface area contributed by atoms with Gasteiger partial charge in [-0.3, -0.25) is 0 Å². The van der Waals surface area contributed by atoms with E-state index in [2.05, 4.69) is 29.5 Å². The SMILES string of the molecule is CCNC(=NCc1cc(OC)c(OC)c(OC)c1)NCCCN(C)C1CCCCC1.I. The van der Waals surface area contributed by atoms with Crippen LogP contribution in [0, 0.1) is 0 Å². The van der Waals surface area contributed by atoms with Gasteiger partial charge in [0.1, 0.15) is 0 Å². The first kappa shape index (κ1) is 27.6. The van der Waals surface area contributed by atoms with Crippen molar-refractivity contribution in [1.82, 2.24) is 15.5 Å². The molecular weight excluding hydrogens is 507 g/mol. The Morgan fingerprint density at radius 2 is 1.68 bits per heavy atom. The number of rotatable bonds is 11. The molecule has 1 aliphatic rings. The lowest BCUT2D eigenvalue weighted by Gasteiger charge is -2.31. The average molecular weight is 549 g/mol. The van der Waals surface area contributed by atoms with E-state index in [1.165, 1.54) is 32.1 Å². The fourth-order valence-corrected chi connectivity index (χ4v) is 3.98. The second-order valence-electron chi connectivity index (χ2n) is 7.78. The highest BCUT2D eigenvalue weighted by molar-refractivity contribution is 14.0. The van der Waals surface area contributed by atoms with Crippen LogP contribution >= 0.6 is 24.0 Å². The van der Waals surface area contributed by atoms with Gasteiger partial charge in [-0.2, -0.15) is 0 Å². The van der Waals surface area contributed by atoms with Gasteiger partial charge in [0, 0.05) is 19.1 Å². The Kier molecular flexibility index (Phi) is 13.7. The smallest absolute Gasteiger partial charge is 0.203 e. The van der Waals surface area contributed by atoms with E-state index in [-0.39, 0.29) is 24.0 Å². The van der Waals surface area contributed by atoms with Gasteiger partial charge in [0.05, 0.1) is 27.9 Å². The molecule has 0 saturated heterocycles. The monoisotopic (exact) mass is 548 g/mol. The molecule has 0 bridgehead atoms. The van der Waals surface area contributed by atoms with Crippen molar-refractivity contribution in [2.24, 2.45) is 4.99 Å². The molecule has 2 rings (SSSR count). The molecule has 7 nitrogen and oxygen atoms in total. The van der Waals surface area contributed by atoms with Crippen molar-refractivity contribution >= 4 is 29.9 Å². The first-order valence-corrected chi connectivity index (χ1v) is 11.1. The number of guanidine groups is 1. The number of hydrogen-bond donors (Lipinski definition) is 2. The Bertz CT molecular complexity index is 641. The third-order valence-electron chi connectivity index (χ3n) is 5.67. The van der Waals surface area contributed by atoms with Crippen LogP contribution in [0.1, 0.15) is 51.0 Å². The number of nitrogens with one attached hydrogen (secondary N) is 2. The maximum atomic E-state index is 5.44. The lowest BCUT2D eigenvalue weighted by Crippen LogP contribution is -2.39. The molecule has 2 N–H and O–H groups in total. The fraction of sp³-hybridized carbons (Fsp3) is 0.696. The summed E-state index contributed by atoms with van der Waals surface area (Å²) in [5.41, 5.74) is 0.999. The second kappa shape index (κ2) is 15.4. The summed E-state index contributed by atoms with van der Waals surface area (Å²) >= 11 is 0. The van der Waals surface area contributed by atoms with Crippen LogP contribution in [0.5, 0.6) is 17.2 Å². The standard InChI is InChI=1S/C23H40N4O3.HI/c1-6-24-23(25-13-10-14-27(2)19-11-8-7-9-12-19)26-17-18-15-20(28-3)22(30-5)21(16-18)29-4;/h15-16,19H,6-14,17H2,1-5H3,(H2,24,25,26);1H. The summed E-state index contributed by atoms with van der Waals surface area (Å²) in [6.45, 7) is 5.44. The first-order valence-electron chi connectivity index (χ1n) is 11.1. The molecule has 0 heterocycles. The second-order valence-corrected chi connectivity index (χ2v) is 7.78. The quantitative estimate of drug-likeness (QED) is 0.188. The van der Waals surface area contributed by atoms with E-state index in [0.717, 1.165) is 43.6 Å². The highest BCUT2D eigenvalue weighted by atomic mass is 127. The highest BCUT2D eigenvalue weighted by Crippen LogP contribution is 2.38. The number of aliphatic imine (C=N–C) groups is 1. The third-order valence-corrected chi connectivity index (χ3v) is 5.67. The molecule has 0 aliphatic heterocycles. The topological polar surface area (TPSA) is 67.4 Å². The van der Waals surface area contributed by atoms with Crippen LogP contribution in [0.25, 0.3) is 0 Å². The van der Waals surface area contributed by atoms with Crippen molar-refractivity contribution in [3.8, 4) is 17.2 Å². The van der Waals surface area contributed by atoms with Gasteiger partial charge in [0.2, 0.25) is 5.75 Å². The van der Waals surface area contributed by atoms with E-state index in [0.29, 0.717) is 23.8 Å². The number of benzene rings is 1. The third kappa shape index (κ3) is 8.92. The van der Waals surface area contributed by atoms with Gasteiger partial charge in [0.25, 0.3) is 0 Å². The van der Waals surface area contributed by atoms with Crippen LogP contribution in [-0.4, -0.2) is 64.9 Å². The van der Waals surface area contributed by atoms with Gasteiger partial charge in [-0.15, -0.1) is 24.0 Å². The van der Waals surface area contributed by atoms with Gasteiger partial charge >= 0.3 is 0 Å².